The summed E-state index contributed by atoms with van der Waals surface area (Å²) < 4.78 is 0. The van der Waals surface area contributed by atoms with Gasteiger partial charge in [-0.05, 0) is 118 Å². The van der Waals surface area contributed by atoms with Gasteiger partial charge in [-0.25, -0.2) is 0 Å². The van der Waals surface area contributed by atoms with Gasteiger partial charge in [0.15, 0.2) is 0 Å². The molecular formula is C26H44N2. The number of benzene rings is 1. The van der Waals surface area contributed by atoms with E-state index in [0.717, 1.165) is 0 Å². The molecule has 2 aliphatic rings. The zero-order valence-corrected chi connectivity index (χ0v) is 20.2. The lowest BCUT2D eigenvalue weighted by molar-refractivity contribution is -0.0171. The van der Waals surface area contributed by atoms with Crippen LogP contribution in [0.5, 0.6) is 0 Å². The highest BCUT2D eigenvalue weighted by molar-refractivity contribution is 5.36. The van der Waals surface area contributed by atoms with Crippen molar-refractivity contribution in [2.75, 3.05) is 14.1 Å². The van der Waals surface area contributed by atoms with Crippen LogP contribution in [0.3, 0.4) is 0 Å². The number of hydrogen-bond donors (Lipinski definition) is 0. The van der Waals surface area contributed by atoms with Gasteiger partial charge in [0.1, 0.15) is 0 Å². The van der Waals surface area contributed by atoms with E-state index in [9.17, 15) is 0 Å². The maximum absolute atomic E-state index is 2.60. The van der Waals surface area contributed by atoms with E-state index in [-0.39, 0.29) is 22.2 Å². The molecule has 28 heavy (non-hydrogen) atoms. The molecule has 0 bridgehead atoms. The number of piperidine rings is 2. The molecule has 2 saturated heterocycles. The first-order valence-corrected chi connectivity index (χ1v) is 11.2. The Morgan fingerprint density at radius 2 is 0.821 bits per heavy atom. The third kappa shape index (κ3) is 3.79. The topological polar surface area (TPSA) is 6.48 Å². The van der Waals surface area contributed by atoms with Crippen molar-refractivity contribution in [1.82, 2.24) is 9.80 Å². The lowest BCUT2D eigenvalue weighted by Crippen LogP contribution is -2.58. The monoisotopic (exact) mass is 384 g/mol. The summed E-state index contributed by atoms with van der Waals surface area (Å²) in [6.45, 7) is 19.4. The molecule has 0 spiro atoms. The standard InChI is InChI=1S/C26H44N2/c1-23(2)15-19(16-24(3,4)27(23)9)21-13-11-12-14-22(21)20-17-25(5,6)28(10)26(7,8)18-20/h11-14,19-20H,15-18H2,1-10H3. The van der Waals surface area contributed by atoms with E-state index in [1.807, 2.05) is 0 Å². The van der Waals surface area contributed by atoms with Crippen LogP contribution >= 0.6 is 0 Å². The Bertz CT molecular complexity index is 616. The summed E-state index contributed by atoms with van der Waals surface area (Å²) >= 11 is 0. The van der Waals surface area contributed by atoms with Crippen LogP contribution in [-0.4, -0.2) is 46.1 Å². The summed E-state index contributed by atoms with van der Waals surface area (Å²) in [4.78, 5) is 5.20. The predicted octanol–water partition coefficient (Wildman–Crippen LogP) is 6.42. The Morgan fingerprint density at radius 3 is 1.07 bits per heavy atom. The van der Waals surface area contributed by atoms with Crippen molar-refractivity contribution in [2.45, 2.75) is 115 Å². The maximum atomic E-state index is 2.60. The second-order valence-electron chi connectivity index (χ2n) is 12.2. The smallest absolute Gasteiger partial charge is 0.0161 e. The molecule has 2 heterocycles. The fourth-order valence-electron chi connectivity index (χ4n) is 6.44. The van der Waals surface area contributed by atoms with Crippen LogP contribution in [0.1, 0.15) is 104 Å². The average molecular weight is 385 g/mol. The number of nitrogens with zero attached hydrogens (tertiary/aromatic N) is 2. The van der Waals surface area contributed by atoms with Crippen LogP contribution in [0, 0.1) is 0 Å². The van der Waals surface area contributed by atoms with Gasteiger partial charge in [-0.15, -0.1) is 0 Å². The molecule has 3 rings (SSSR count). The van der Waals surface area contributed by atoms with Gasteiger partial charge >= 0.3 is 0 Å². The first kappa shape index (κ1) is 21.8. The minimum absolute atomic E-state index is 0.227. The van der Waals surface area contributed by atoms with E-state index >= 15 is 0 Å². The molecule has 1 aromatic carbocycles. The van der Waals surface area contributed by atoms with Crippen molar-refractivity contribution < 1.29 is 0 Å². The normalized spacial score (nSPS) is 28.4. The van der Waals surface area contributed by atoms with Crippen molar-refractivity contribution in [1.29, 1.82) is 0 Å². The van der Waals surface area contributed by atoms with Crippen LogP contribution in [-0.2, 0) is 0 Å². The van der Waals surface area contributed by atoms with Crippen LogP contribution in [0.2, 0.25) is 0 Å². The molecule has 2 aliphatic heterocycles. The molecule has 2 fully saturated rings. The Labute approximate surface area is 174 Å². The summed E-state index contributed by atoms with van der Waals surface area (Å²) in [5, 5.41) is 0. The van der Waals surface area contributed by atoms with Gasteiger partial charge in [-0.1, -0.05) is 24.3 Å². The van der Waals surface area contributed by atoms with E-state index in [2.05, 4.69) is 104 Å². The molecule has 0 radical (unpaired) electrons. The zero-order valence-electron chi connectivity index (χ0n) is 20.2. The van der Waals surface area contributed by atoms with Gasteiger partial charge in [-0.2, -0.15) is 0 Å². The molecule has 0 aliphatic carbocycles. The van der Waals surface area contributed by atoms with Gasteiger partial charge in [0.05, 0.1) is 0 Å². The van der Waals surface area contributed by atoms with E-state index in [4.69, 9.17) is 0 Å². The average Bonchev–Trinajstić information content (AvgIpc) is 2.56. The number of rotatable bonds is 2. The third-order valence-corrected chi connectivity index (χ3v) is 8.49. The number of likely N-dealkylation sites (tertiary alicyclic amines) is 2. The van der Waals surface area contributed by atoms with E-state index in [1.54, 1.807) is 11.1 Å². The molecular weight excluding hydrogens is 340 g/mol. The lowest BCUT2D eigenvalue weighted by Gasteiger charge is -2.55. The van der Waals surface area contributed by atoms with Gasteiger partial charge in [-0.3, -0.25) is 9.80 Å². The molecule has 0 aromatic heterocycles. The molecule has 158 valence electrons. The molecule has 1 aromatic rings. The molecule has 0 amide bonds. The molecule has 0 unspecified atom stereocenters. The Kier molecular flexibility index (Phi) is 5.34. The highest BCUT2D eigenvalue weighted by atomic mass is 15.2. The Balaban J connectivity index is 1.99. The van der Waals surface area contributed by atoms with Gasteiger partial charge < -0.3 is 0 Å². The van der Waals surface area contributed by atoms with Gasteiger partial charge in [0, 0.05) is 22.2 Å². The summed E-state index contributed by atoms with van der Waals surface area (Å²) in [6.07, 6.45) is 4.96. The fourth-order valence-corrected chi connectivity index (χ4v) is 6.44. The van der Waals surface area contributed by atoms with Crippen molar-refractivity contribution in [2.24, 2.45) is 0 Å². The predicted molar refractivity (Wildman–Crippen MR) is 122 cm³/mol. The van der Waals surface area contributed by atoms with E-state index in [1.165, 1.54) is 25.7 Å². The van der Waals surface area contributed by atoms with Crippen LogP contribution in [0.25, 0.3) is 0 Å². The number of hydrogen-bond acceptors (Lipinski definition) is 2. The molecule has 2 nitrogen and oxygen atoms in total. The van der Waals surface area contributed by atoms with Crippen molar-refractivity contribution in [3.8, 4) is 0 Å². The zero-order chi connectivity index (χ0) is 21.1. The van der Waals surface area contributed by atoms with Gasteiger partial charge in [0.2, 0.25) is 0 Å². The summed E-state index contributed by atoms with van der Waals surface area (Å²) in [7, 11) is 4.62. The van der Waals surface area contributed by atoms with Crippen LogP contribution in [0.15, 0.2) is 24.3 Å². The quantitative estimate of drug-likeness (QED) is 0.580. The summed E-state index contributed by atoms with van der Waals surface area (Å²) in [5.74, 6) is 1.28. The van der Waals surface area contributed by atoms with Gasteiger partial charge in [0.25, 0.3) is 0 Å². The first-order valence-electron chi connectivity index (χ1n) is 11.2. The SMILES string of the molecule is CN1C(C)(C)CC(c2ccccc2C2CC(C)(C)N(C)C(C)(C)C2)CC1(C)C. The summed E-state index contributed by atoms with van der Waals surface area (Å²) in [6, 6.07) is 9.41. The molecule has 0 saturated carbocycles. The minimum atomic E-state index is 0.227. The lowest BCUT2D eigenvalue weighted by atomic mass is 9.67. The van der Waals surface area contributed by atoms with Crippen molar-refractivity contribution in [3.05, 3.63) is 35.4 Å². The highest BCUT2D eigenvalue weighted by Crippen LogP contribution is 2.50. The van der Waals surface area contributed by atoms with Crippen LogP contribution < -0.4 is 0 Å². The van der Waals surface area contributed by atoms with Crippen molar-refractivity contribution >= 4 is 0 Å². The summed E-state index contributed by atoms with van der Waals surface area (Å²) in [5.41, 5.74) is 4.15. The first-order chi connectivity index (χ1) is 12.7. The van der Waals surface area contributed by atoms with E-state index in [0.29, 0.717) is 11.8 Å². The highest BCUT2D eigenvalue weighted by Gasteiger charge is 2.46. The fraction of sp³-hybridized carbons (Fsp3) is 0.769. The molecule has 2 heteroatoms. The Hall–Kier alpha value is -0.860. The second-order valence-corrected chi connectivity index (χ2v) is 12.2. The third-order valence-electron chi connectivity index (χ3n) is 8.49. The van der Waals surface area contributed by atoms with Crippen molar-refractivity contribution in [3.63, 3.8) is 0 Å². The second kappa shape index (κ2) is 6.84. The van der Waals surface area contributed by atoms with E-state index < -0.39 is 0 Å². The largest absolute Gasteiger partial charge is 0.296 e. The van der Waals surface area contributed by atoms with Crippen LogP contribution in [0.4, 0.5) is 0 Å². The minimum Gasteiger partial charge on any atom is -0.296 e. The Morgan fingerprint density at radius 1 is 0.571 bits per heavy atom. The maximum Gasteiger partial charge on any atom is 0.0161 e. The molecule has 0 N–H and O–H groups in total. The molecule has 0 atom stereocenters.